The summed E-state index contributed by atoms with van der Waals surface area (Å²) >= 11 is 0. The van der Waals surface area contributed by atoms with Crippen molar-refractivity contribution in [1.29, 1.82) is 0 Å². The largest absolute Gasteiger partial charge is 0.496 e. The number of nitrogens with two attached hydrogens (primary N) is 2. The Labute approximate surface area is 174 Å². The van der Waals surface area contributed by atoms with E-state index in [1.807, 2.05) is 54.6 Å². The molecule has 3 rings (SSSR count). The third-order valence-corrected chi connectivity index (χ3v) is 4.62. The van der Waals surface area contributed by atoms with Gasteiger partial charge in [0.15, 0.2) is 0 Å². The lowest BCUT2D eigenvalue weighted by Crippen LogP contribution is -2.29. The molecule has 0 aliphatic rings. The van der Waals surface area contributed by atoms with E-state index in [4.69, 9.17) is 16.4 Å². The van der Waals surface area contributed by atoms with Gasteiger partial charge in [0, 0.05) is 16.7 Å². The molecule has 0 heterocycles. The van der Waals surface area contributed by atoms with E-state index in [2.05, 4.69) is 10.9 Å². The first kappa shape index (κ1) is 20.8. The Morgan fingerprint density at radius 2 is 1.17 bits per heavy atom. The van der Waals surface area contributed by atoms with Crippen LogP contribution in [0, 0.1) is 0 Å². The number of hydrogen-bond acceptors (Lipinski definition) is 5. The van der Waals surface area contributed by atoms with Crippen LogP contribution in [-0.2, 0) is 0 Å². The lowest BCUT2D eigenvalue weighted by atomic mass is 9.94. The standard InChI is InChI=1S/C23H22N4O3/c1-30-21-5-3-2-4-19(21)14-20(15-6-10-17(11-7-15)22(28)26-24)16-8-12-18(13-9-16)23(29)27-25/h2-14H,24-25H2,1H3,(H,26,28)(H,27,29). The minimum atomic E-state index is -0.367. The maximum atomic E-state index is 11.8. The van der Waals surface area contributed by atoms with Crippen molar-refractivity contribution in [2.75, 3.05) is 7.11 Å². The number of carbonyl (C=O) groups excluding carboxylic acids is 2. The number of carbonyl (C=O) groups is 2. The van der Waals surface area contributed by atoms with Crippen LogP contribution < -0.4 is 27.3 Å². The molecule has 0 bridgehead atoms. The highest BCUT2D eigenvalue weighted by molar-refractivity contribution is 5.97. The van der Waals surface area contributed by atoms with Crippen LogP contribution in [-0.4, -0.2) is 18.9 Å². The lowest BCUT2D eigenvalue weighted by molar-refractivity contribution is 0.0945. The molecule has 0 spiro atoms. The molecular weight excluding hydrogens is 380 g/mol. The highest BCUT2D eigenvalue weighted by atomic mass is 16.5. The predicted molar refractivity (Wildman–Crippen MR) is 116 cm³/mol. The maximum absolute atomic E-state index is 11.8. The summed E-state index contributed by atoms with van der Waals surface area (Å²) in [5, 5.41) is 0. The van der Waals surface area contributed by atoms with Gasteiger partial charge < -0.3 is 4.74 Å². The van der Waals surface area contributed by atoms with E-state index in [9.17, 15) is 9.59 Å². The Kier molecular flexibility index (Phi) is 6.59. The molecule has 0 aliphatic carbocycles. The first-order chi connectivity index (χ1) is 14.6. The van der Waals surface area contributed by atoms with Crippen molar-refractivity contribution in [2.45, 2.75) is 0 Å². The number of ether oxygens (including phenoxy) is 1. The van der Waals surface area contributed by atoms with E-state index >= 15 is 0 Å². The topological polar surface area (TPSA) is 119 Å². The van der Waals surface area contributed by atoms with Crippen LogP contribution in [0.15, 0.2) is 72.8 Å². The first-order valence-corrected chi connectivity index (χ1v) is 9.15. The van der Waals surface area contributed by atoms with Crippen molar-refractivity contribution in [2.24, 2.45) is 11.7 Å². The van der Waals surface area contributed by atoms with Crippen LogP contribution in [0.3, 0.4) is 0 Å². The minimum Gasteiger partial charge on any atom is -0.496 e. The van der Waals surface area contributed by atoms with E-state index in [1.165, 1.54) is 0 Å². The Hall–Kier alpha value is -3.94. The van der Waals surface area contributed by atoms with Crippen molar-refractivity contribution in [3.05, 3.63) is 101 Å². The Bertz CT molecular complexity index is 1010. The molecule has 3 aromatic rings. The van der Waals surface area contributed by atoms with E-state index in [-0.39, 0.29) is 11.8 Å². The average molecular weight is 402 g/mol. The summed E-state index contributed by atoms with van der Waals surface area (Å²) in [5.41, 5.74) is 8.68. The molecule has 0 unspecified atom stereocenters. The number of amides is 2. The normalized spacial score (nSPS) is 10.1. The van der Waals surface area contributed by atoms with Gasteiger partial charge in [0.05, 0.1) is 7.11 Å². The van der Waals surface area contributed by atoms with Crippen LogP contribution in [0.5, 0.6) is 5.75 Å². The molecule has 0 aromatic heterocycles. The van der Waals surface area contributed by atoms with Gasteiger partial charge in [-0.3, -0.25) is 20.4 Å². The van der Waals surface area contributed by atoms with Crippen molar-refractivity contribution < 1.29 is 14.3 Å². The molecule has 0 aliphatic heterocycles. The molecule has 0 saturated carbocycles. The van der Waals surface area contributed by atoms with Gasteiger partial charge in [-0.25, -0.2) is 11.7 Å². The zero-order valence-corrected chi connectivity index (χ0v) is 16.4. The zero-order valence-electron chi connectivity index (χ0n) is 16.4. The summed E-state index contributed by atoms with van der Waals surface area (Å²) in [5.74, 6) is 10.4. The molecular formula is C23H22N4O3. The molecule has 0 fully saturated rings. The Balaban J connectivity index is 2.10. The number of nitrogens with one attached hydrogen (secondary N) is 2. The molecule has 30 heavy (non-hydrogen) atoms. The van der Waals surface area contributed by atoms with Gasteiger partial charge in [0.2, 0.25) is 0 Å². The van der Waals surface area contributed by atoms with E-state index in [1.54, 1.807) is 31.4 Å². The number of methoxy groups -OCH3 is 1. The monoisotopic (exact) mass is 402 g/mol. The second-order valence-electron chi connectivity index (χ2n) is 6.40. The lowest BCUT2D eigenvalue weighted by Gasteiger charge is -2.12. The number of para-hydroxylation sites is 1. The van der Waals surface area contributed by atoms with Crippen molar-refractivity contribution in [1.82, 2.24) is 10.9 Å². The molecule has 0 saturated heterocycles. The number of hydrazine groups is 2. The molecule has 7 heteroatoms. The SMILES string of the molecule is COc1ccccc1C=C(c1ccc(C(=O)NN)cc1)c1ccc(C(=O)NN)cc1. The maximum Gasteiger partial charge on any atom is 0.265 e. The van der Waals surface area contributed by atoms with Crippen molar-refractivity contribution in [3.63, 3.8) is 0 Å². The fourth-order valence-electron chi connectivity index (χ4n) is 3.04. The predicted octanol–water partition coefficient (Wildman–Crippen LogP) is 2.49. The summed E-state index contributed by atoms with van der Waals surface area (Å²) < 4.78 is 5.47. The summed E-state index contributed by atoms with van der Waals surface area (Å²) in [6.07, 6.45) is 1.99. The number of nitrogen functional groups attached to an aromatic ring is 2. The first-order valence-electron chi connectivity index (χ1n) is 9.15. The van der Waals surface area contributed by atoms with Gasteiger partial charge in [-0.2, -0.15) is 0 Å². The fourth-order valence-corrected chi connectivity index (χ4v) is 3.04. The third-order valence-electron chi connectivity index (χ3n) is 4.62. The van der Waals surface area contributed by atoms with Gasteiger partial charge in [-0.05, 0) is 53.1 Å². The van der Waals surface area contributed by atoms with E-state index in [0.717, 1.165) is 28.0 Å². The highest BCUT2D eigenvalue weighted by Gasteiger charge is 2.11. The second kappa shape index (κ2) is 9.51. The highest BCUT2D eigenvalue weighted by Crippen LogP contribution is 2.30. The second-order valence-corrected chi connectivity index (χ2v) is 6.40. The van der Waals surface area contributed by atoms with Gasteiger partial charge in [-0.15, -0.1) is 0 Å². The van der Waals surface area contributed by atoms with Crippen LogP contribution in [0.25, 0.3) is 11.6 Å². The molecule has 0 radical (unpaired) electrons. The Morgan fingerprint density at radius 1 is 0.733 bits per heavy atom. The number of rotatable bonds is 6. The number of benzene rings is 3. The molecule has 3 aromatic carbocycles. The van der Waals surface area contributed by atoms with Crippen LogP contribution in [0.4, 0.5) is 0 Å². The van der Waals surface area contributed by atoms with Crippen LogP contribution in [0.1, 0.15) is 37.4 Å². The smallest absolute Gasteiger partial charge is 0.265 e. The third kappa shape index (κ3) is 4.54. The molecule has 6 N–H and O–H groups in total. The van der Waals surface area contributed by atoms with Crippen molar-refractivity contribution >= 4 is 23.5 Å². The van der Waals surface area contributed by atoms with Gasteiger partial charge in [0.1, 0.15) is 5.75 Å². The van der Waals surface area contributed by atoms with Gasteiger partial charge in [-0.1, -0.05) is 42.5 Å². The van der Waals surface area contributed by atoms with Crippen LogP contribution >= 0.6 is 0 Å². The molecule has 7 nitrogen and oxygen atoms in total. The molecule has 0 atom stereocenters. The molecule has 152 valence electrons. The zero-order chi connectivity index (χ0) is 21.5. The van der Waals surface area contributed by atoms with Crippen LogP contribution in [0.2, 0.25) is 0 Å². The summed E-state index contributed by atoms with van der Waals surface area (Å²) in [6, 6.07) is 21.8. The van der Waals surface area contributed by atoms with E-state index in [0.29, 0.717) is 11.1 Å². The van der Waals surface area contributed by atoms with Gasteiger partial charge in [0.25, 0.3) is 11.8 Å². The molecule has 2 amide bonds. The van der Waals surface area contributed by atoms with E-state index < -0.39 is 0 Å². The summed E-state index contributed by atoms with van der Waals surface area (Å²) in [6.45, 7) is 0. The summed E-state index contributed by atoms with van der Waals surface area (Å²) in [7, 11) is 1.62. The quantitative estimate of drug-likeness (QED) is 0.219. The average Bonchev–Trinajstić information content (AvgIpc) is 2.82. The Morgan fingerprint density at radius 3 is 1.60 bits per heavy atom. The summed E-state index contributed by atoms with van der Waals surface area (Å²) in [4.78, 5) is 23.5. The van der Waals surface area contributed by atoms with Gasteiger partial charge >= 0.3 is 0 Å². The van der Waals surface area contributed by atoms with Crippen molar-refractivity contribution in [3.8, 4) is 5.75 Å². The fraction of sp³-hybridized carbons (Fsp3) is 0.0435. The number of hydrogen-bond donors (Lipinski definition) is 4. The minimum absolute atomic E-state index is 0.367.